The summed E-state index contributed by atoms with van der Waals surface area (Å²) in [6, 6.07) is 3.20. The lowest BCUT2D eigenvalue weighted by atomic mass is 10.2. The molecule has 8 heteroatoms. The van der Waals surface area contributed by atoms with Crippen LogP contribution >= 0.6 is 11.6 Å². The molecule has 0 saturated carbocycles. The molecule has 118 valence electrons. The molecule has 0 saturated heterocycles. The van der Waals surface area contributed by atoms with Crippen LogP contribution in [0.1, 0.15) is 12.0 Å². The first-order valence-corrected chi connectivity index (χ1v) is 6.58. The monoisotopic (exact) mass is 324 g/mol. The van der Waals surface area contributed by atoms with E-state index in [4.69, 9.17) is 16.7 Å². The molecular weight excluding hydrogens is 309 g/mol. The van der Waals surface area contributed by atoms with Gasteiger partial charge in [0.1, 0.15) is 0 Å². The van der Waals surface area contributed by atoms with Crippen LogP contribution in [0.4, 0.5) is 18.9 Å². The van der Waals surface area contributed by atoms with Crippen molar-refractivity contribution in [1.29, 1.82) is 0 Å². The summed E-state index contributed by atoms with van der Waals surface area (Å²) in [7, 11) is 1.68. The Balaban J connectivity index is 2.69. The van der Waals surface area contributed by atoms with Crippen molar-refractivity contribution in [3.8, 4) is 0 Å². The van der Waals surface area contributed by atoms with E-state index in [1.165, 1.54) is 6.07 Å². The van der Waals surface area contributed by atoms with E-state index >= 15 is 0 Å². The number of halogens is 4. The van der Waals surface area contributed by atoms with Gasteiger partial charge in [-0.05, 0) is 31.7 Å². The van der Waals surface area contributed by atoms with Gasteiger partial charge in [-0.15, -0.1) is 0 Å². The number of aliphatic hydroxyl groups excluding tert-OH is 1. The van der Waals surface area contributed by atoms with Crippen molar-refractivity contribution in [2.24, 2.45) is 0 Å². The second-order valence-corrected chi connectivity index (χ2v) is 4.96. The third-order valence-corrected chi connectivity index (χ3v) is 3.00. The fraction of sp³-hybridized carbons (Fsp3) is 0.462. The molecule has 1 rings (SSSR count). The molecule has 2 N–H and O–H groups in total. The van der Waals surface area contributed by atoms with Crippen molar-refractivity contribution in [3.05, 3.63) is 28.8 Å². The van der Waals surface area contributed by atoms with Crippen LogP contribution in [0.3, 0.4) is 0 Å². The van der Waals surface area contributed by atoms with Crippen LogP contribution in [0.25, 0.3) is 0 Å². The first-order valence-electron chi connectivity index (χ1n) is 6.20. The smallest absolute Gasteiger partial charge is 0.396 e. The number of nitrogens with zero attached hydrogens (tertiary/aromatic N) is 1. The summed E-state index contributed by atoms with van der Waals surface area (Å²) < 4.78 is 38.1. The highest BCUT2D eigenvalue weighted by Crippen LogP contribution is 2.36. The molecule has 0 unspecified atom stereocenters. The Morgan fingerprint density at radius 1 is 1.43 bits per heavy atom. The van der Waals surface area contributed by atoms with Gasteiger partial charge in [0.05, 0.1) is 17.1 Å². The molecule has 0 aromatic heterocycles. The zero-order valence-corrected chi connectivity index (χ0v) is 12.1. The van der Waals surface area contributed by atoms with Gasteiger partial charge in [0.2, 0.25) is 5.91 Å². The Labute approximate surface area is 125 Å². The van der Waals surface area contributed by atoms with Crippen molar-refractivity contribution in [3.63, 3.8) is 0 Å². The fourth-order valence-electron chi connectivity index (χ4n) is 1.69. The van der Waals surface area contributed by atoms with E-state index in [1.807, 2.05) is 0 Å². The van der Waals surface area contributed by atoms with E-state index < -0.39 is 22.7 Å². The second kappa shape index (κ2) is 7.63. The zero-order valence-electron chi connectivity index (χ0n) is 11.4. The number of benzene rings is 1. The minimum atomic E-state index is -4.57. The number of anilines is 1. The summed E-state index contributed by atoms with van der Waals surface area (Å²) in [4.78, 5) is 13.4. The van der Waals surface area contributed by atoms with Gasteiger partial charge in [0.25, 0.3) is 0 Å². The minimum Gasteiger partial charge on any atom is -0.396 e. The third kappa shape index (κ3) is 5.91. The summed E-state index contributed by atoms with van der Waals surface area (Å²) in [6.07, 6.45) is -4.06. The van der Waals surface area contributed by atoms with E-state index in [0.717, 1.165) is 12.1 Å². The molecule has 0 heterocycles. The standard InChI is InChI=1S/C13H16ClF3N2O2/c1-19(5-2-6-20)8-12(21)18-9-3-4-11(14)10(7-9)13(15,16)17/h3-4,7,20H,2,5-6,8H2,1H3,(H,18,21). The highest BCUT2D eigenvalue weighted by Gasteiger charge is 2.33. The number of alkyl halides is 3. The molecule has 0 aliphatic rings. The lowest BCUT2D eigenvalue weighted by Gasteiger charge is -2.16. The second-order valence-electron chi connectivity index (χ2n) is 4.56. The van der Waals surface area contributed by atoms with Gasteiger partial charge in [0, 0.05) is 18.8 Å². The maximum atomic E-state index is 12.7. The van der Waals surface area contributed by atoms with E-state index in [9.17, 15) is 18.0 Å². The average molecular weight is 325 g/mol. The quantitative estimate of drug-likeness (QED) is 0.845. The van der Waals surface area contributed by atoms with Crippen molar-refractivity contribution < 1.29 is 23.1 Å². The summed E-state index contributed by atoms with van der Waals surface area (Å²) in [6.45, 7) is 0.542. The molecule has 21 heavy (non-hydrogen) atoms. The Morgan fingerprint density at radius 2 is 2.10 bits per heavy atom. The van der Waals surface area contributed by atoms with E-state index in [-0.39, 0.29) is 18.8 Å². The molecule has 1 amide bonds. The summed E-state index contributed by atoms with van der Waals surface area (Å²) in [5.41, 5.74) is -0.956. The van der Waals surface area contributed by atoms with Crippen molar-refractivity contribution >= 4 is 23.2 Å². The van der Waals surface area contributed by atoms with Crippen LogP contribution < -0.4 is 5.32 Å². The van der Waals surface area contributed by atoms with Crippen LogP contribution in [-0.4, -0.2) is 42.7 Å². The van der Waals surface area contributed by atoms with Crippen molar-refractivity contribution in [2.75, 3.05) is 32.1 Å². The Hall–Kier alpha value is -1.31. The Bertz CT molecular complexity index is 495. The minimum absolute atomic E-state index is 0.0120. The molecule has 0 fully saturated rings. The highest BCUT2D eigenvalue weighted by atomic mass is 35.5. The number of rotatable bonds is 6. The molecular formula is C13H16ClF3N2O2. The van der Waals surface area contributed by atoms with E-state index in [1.54, 1.807) is 11.9 Å². The van der Waals surface area contributed by atoms with Gasteiger partial charge in [-0.1, -0.05) is 11.6 Å². The van der Waals surface area contributed by atoms with Gasteiger partial charge in [-0.25, -0.2) is 0 Å². The molecule has 1 aromatic carbocycles. The lowest BCUT2D eigenvalue weighted by molar-refractivity contribution is -0.137. The number of amides is 1. The molecule has 0 bridgehead atoms. The first kappa shape index (κ1) is 17.7. The SMILES string of the molecule is CN(CCCO)CC(=O)Nc1ccc(Cl)c(C(F)(F)F)c1. The number of hydrogen-bond donors (Lipinski definition) is 2. The van der Waals surface area contributed by atoms with E-state index in [0.29, 0.717) is 13.0 Å². The van der Waals surface area contributed by atoms with Crippen molar-refractivity contribution in [2.45, 2.75) is 12.6 Å². The third-order valence-electron chi connectivity index (χ3n) is 2.67. The number of likely N-dealkylation sites (N-methyl/N-ethyl adjacent to an activating group) is 1. The normalized spacial score (nSPS) is 11.8. The summed E-state index contributed by atoms with van der Waals surface area (Å²) >= 11 is 5.49. The zero-order chi connectivity index (χ0) is 16.0. The predicted molar refractivity (Wildman–Crippen MR) is 74.3 cm³/mol. The summed E-state index contributed by atoms with van der Waals surface area (Å²) in [5.74, 6) is -0.439. The molecule has 4 nitrogen and oxygen atoms in total. The molecule has 0 aliphatic carbocycles. The maximum absolute atomic E-state index is 12.7. The molecule has 1 aromatic rings. The fourth-order valence-corrected chi connectivity index (χ4v) is 1.91. The highest BCUT2D eigenvalue weighted by molar-refractivity contribution is 6.31. The first-order chi connectivity index (χ1) is 9.74. The van der Waals surface area contributed by atoms with Crippen LogP contribution in [0.15, 0.2) is 18.2 Å². The van der Waals surface area contributed by atoms with Crippen LogP contribution in [0.5, 0.6) is 0 Å². The van der Waals surface area contributed by atoms with Gasteiger partial charge >= 0.3 is 6.18 Å². The number of aliphatic hydroxyl groups is 1. The Kier molecular flexibility index (Phi) is 6.44. The number of nitrogens with one attached hydrogen (secondary N) is 1. The molecule has 0 atom stereocenters. The van der Waals surface area contributed by atoms with Gasteiger partial charge in [-0.3, -0.25) is 9.69 Å². The van der Waals surface area contributed by atoms with Crippen LogP contribution in [0, 0.1) is 0 Å². The van der Waals surface area contributed by atoms with Gasteiger partial charge in [-0.2, -0.15) is 13.2 Å². The maximum Gasteiger partial charge on any atom is 0.417 e. The van der Waals surface area contributed by atoms with Gasteiger partial charge in [0.15, 0.2) is 0 Å². The molecule has 0 spiro atoms. The largest absolute Gasteiger partial charge is 0.417 e. The lowest BCUT2D eigenvalue weighted by Crippen LogP contribution is -2.31. The van der Waals surface area contributed by atoms with Gasteiger partial charge < -0.3 is 10.4 Å². The average Bonchev–Trinajstić information content (AvgIpc) is 2.37. The van der Waals surface area contributed by atoms with Crippen LogP contribution in [0.2, 0.25) is 5.02 Å². The topological polar surface area (TPSA) is 52.6 Å². The Morgan fingerprint density at radius 3 is 2.67 bits per heavy atom. The van der Waals surface area contributed by atoms with E-state index in [2.05, 4.69) is 5.32 Å². The predicted octanol–water partition coefficient (Wildman–Crippen LogP) is 2.61. The number of carbonyl (C=O) groups excluding carboxylic acids is 1. The molecule has 0 radical (unpaired) electrons. The summed E-state index contributed by atoms with van der Waals surface area (Å²) in [5, 5.41) is 10.6. The van der Waals surface area contributed by atoms with Crippen LogP contribution in [-0.2, 0) is 11.0 Å². The molecule has 0 aliphatic heterocycles. The van der Waals surface area contributed by atoms with Crippen molar-refractivity contribution in [1.82, 2.24) is 4.90 Å². The number of hydrogen-bond acceptors (Lipinski definition) is 3. The number of carbonyl (C=O) groups is 1.